The van der Waals surface area contributed by atoms with E-state index in [1.54, 1.807) is 11.0 Å². The molecule has 2 aromatic rings. The molecule has 1 saturated carbocycles. The predicted octanol–water partition coefficient (Wildman–Crippen LogP) is 2.89. The van der Waals surface area contributed by atoms with Crippen LogP contribution < -0.4 is 10.6 Å². The van der Waals surface area contributed by atoms with Gasteiger partial charge < -0.3 is 10.6 Å². The van der Waals surface area contributed by atoms with E-state index in [4.69, 9.17) is 0 Å². The Balaban J connectivity index is 1.49. The molecule has 1 heterocycles. The number of aromatic nitrogens is 3. The van der Waals surface area contributed by atoms with Crippen molar-refractivity contribution in [1.29, 1.82) is 0 Å². The number of nitrogens with one attached hydrogen (secondary N) is 2. The summed E-state index contributed by atoms with van der Waals surface area (Å²) >= 11 is 0. The van der Waals surface area contributed by atoms with Gasteiger partial charge in [-0.25, -0.2) is 14.5 Å². The van der Waals surface area contributed by atoms with E-state index < -0.39 is 0 Å². The molecule has 3 atom stereocenters. The Bertz CT molecular complexity index is 653. The fourth-order valence-electron chi connectivity index (χ4n) is 3.30. The summed E-state index contributed by atoms with van der Waals surface area (Å²) in [5, 5.41) is 10.2. The second kappa shape index (κ2) is 7.47. The van der Waals surface area contributed by atoms with E-state index in [0.717, 1.165) is 17.7 Å². The Morgan fingerprint density at radius 1 is 1.25 bits per heavy atom. The maximum atomic E-state index is 12.1. The lowest BCUT2D eigenvalue weighted by atomic mass is 9.78. The van der Waals surface area contributed by atoms with Gasteiger partial charge in [0.1, 0.15) is 12.7 Å². The summed E-state index contributed by atoms with van der Waals surface area (Å²) in [7, 11) is 0. The second-order valence-electron chi connectivity index (χ2n) is 6.71. The Hall–Kier alpha value is -2.37. The van der Waals surface area contributed by atoms with Crippen molar-refractivity contribution in [2.75, 3.05) is 0 Å². The quantitative estimate of drug-likeness (QED) is 0.907. The van der Waals surface area contributed by atoms with Gasteiger partial charge in [0.2, 0.25) is 0 Å². The number of urea groups is 1. The average Bonchev–Trinajstić information content (AvgIpc) is 3.12. The maximum absolute atomic E-state index is 12.1. The molecule has 0 bridgehead atoms. The van der Waals surface area contributed by atoms with E-state index in [9.17, 15) is 4.79 Å². The van der Waals surface area contributed by atoms with Gasteiger partial charge in [-0.05, 0) is 36.0 Å². The fourth-order valence-corrected chi connectivity index (χ4v) is 3.30. The highest BCUT2D eigenvalue weighted by atomic mass is 16.2. The van der Waals surface area contributed by atoms with Gasteiger partial charge in [0.05, 0.1) is 5.69 Å². The monoisotopic (exact) mass is 327 g/mol. The number of amides is 2. The molecule has 24 heavy (non-hydrogen) atoms. The summed E-state index contributed by atoms with van der Waals surface area (Å²) in [5.74, 6) is 1.21. The largest absolute Gasteiger partial charge is 0.335 e. The molecule has 1 aliphatic carbocycles. The van der Waals surface area contributed by atoms with Crippen LogP contribution >= 0.6 is 0 Å². The van der Waals surface area contributed by atoms with E-state index in [2.05, 4.69) is 34.6 Å². The van der Waals surface area contributed by atoms with Crippen LogP contribution in [-0.4, -0.2) is 26.8 Å². The molecule has 6 nitrogen and oxygen atoms in total. The minimum Gasteiger partial charge on any atom is -0.335 e. The van der Waals surface area contributed by atoms with Crippen molar-refractivity contribution in [3.05, 3.63) is 42.5 Å². The molecule has 1 aliphatic rings. The third kappa shape index (κ3) is 3.93. The number of carbonyl (C=O) groups excluding carboxylic acids is 1. The van der Waals surface area contributed by atoms with E-state index in [-0.39, 0.29) is 12.1 Å². The van der Waals surface area contributed by atoms with Crippen LogP contribution in [0.2, 0.25) is 0 Å². The number of rotatable bonds is 4. The average molecular weight is 327 g/mol. The molecule has 0 aliphatic heterocycles. The normalized spacial score (nSPS) is 23.7. The lowest BCUT2D eigenvalue weighted by Gasteiger charge is -2.34. The smallest absolute Gasteiger partial charge is 0.315 e. The molecule has 2 amide bonds. The maximum Gasteiger partial charge on any atom is 0.315 e. The van der Waals surface area contributed by atoms with Crippen molar-refractivity contribution >= 4 is 6.03 Å². The molecule has 1 aromatic heterocycles. The van der Waals surface area contributed by atoms with Crippen LogP contribution in [0.1, 0.15) is 38.7 Å². The van der Waals surface area contributed by atoms with Crippen LogP contribution in [0.3, 0.4) is 0 Å². The van der Waals surface area contributed by atoms with E-state index in [1.807, 2.05) is 24.3 Å². The first-order valence-electron chi connectivity index (χ1n) is 8.62. The fraction of sp³-hybridized carbons (Fsp3) is 0.500. The van der Waals surface area contributed by atoms with Gasteiger partial charge in [-0.2, -0.15) is 5.10 Å². The van der Waals surface area contributed by atoms with Gasteiger partial charge >= 0.3 is 6.03 Å². The molecule has 0 unspecified atom stereocenters. The van der Waals surface area contributed by atoms with Crippen LogP contribution in [0.25, 0.3) is 5.69 Å². The number of hydrogen-bond donors (Lipinski definition) is 2. The zero-order chi connectivity index (χ0) is 16.9. The van der Waals surface area contributed by atoms with Crippen LogP contribution in [0.15, 0.2) is 36.9 Å². The SMILES string of the molecule is C[C@@H]1[C@H](C)CCC[C@@H]1NC(=O)NCc1ccc(-n2cncn2)cc1. The molecule has 1 fully saturated rings. The zero-order valence-corrected chi connectivity index (χ0v) is 14.3. The van der Waals surface area contributed by atoms with E-state index >= 15 is 0 Å². The van der Waals surface area contributed by atoms with Crippen LogP contribution in [0, 0.1) is 11.8 Å². The van der Waals surface area contributed by atoms with E-state index in [0.29, 0.717) is 18.4 Å². The van der Waals surface area contributed by atoms with Crippen molar-refractivity contribution in [3.63, 3.8) is 0 Å². The van der Waals surface area contributed by atoms with Crippen molar-refractivity contribution in [2.24, 2.45) is 11.8 Å². The lowest BCUT2D eigenvalue weighted by molar-refractivity contribution is 0.195. The highest BCUT2D eigenvalue weighted by molar-refractivity contribution is 5.74. The van der Waals surface area contributed by atoms with Crippen molar-refractivity contribution < 1.29 is 4.79 Å². The Labute approximate surface area is 142 Å². The molecule has 128 valence electrons. The van der Waals surface area contributed by atoms with Gasteiger partial charge in [0, 0.05) is 12.6 Å². The number of benzene rings is 1. The zero-order valence-electron chi connectivity index (χ0n) is 14.3. The van der Waals surface area contributed by atoms with Gasteiger partial charge in [0.15, 0.2) is 0 Å². The summed E-state index contributed by atoms with van der Waals surface area (Å²) in [5.41, 5.74) is 2.00. The van der Waals surface area contributed by atoms with Crippen molar-refractivity contribution in [3.8, 4) is 5.69 Å². The first-order valence-corrected chi connectivity index (χ1v) is 8.62. The molecular formula is C18H25N5O. The minimum atomic E-state index is -0.0821. The summed E-state index contributed by atoms with van der Waals surface area (Å²) in [6.45, 7) is 5.02. The van der Waals surface area contributed by atoms with Crippen molar-refractivity contribution in [1.82, 2.24) is 25.4 Å². The highest BCUT2D eigenvalue weighted by Gasteiger charge is 2.27. The molecule has 6 heteroatoms. The Morgan fingerprint density at radius 3 is 2.75 bits per heavy atom. The van der Waals surface area contributed by atoms with Gasteiger partial charge in [-0.15, -0.1) is 0 Å². The predicted molar refractivity (Wildman–Crippen MR) is 92.7 cm³/mol. The van der Waals surface area contributed by atoms with E-state index in [1.165, 1.54) is 19.2 Å². The van der Waals surface area contributed by atoms with Crippen LogP contribution in [-0.2, 0) is 6.54 Å². The van der Waals surface area contributed by atoms with Crippen LogP contribution in [0.4, 0.5) is 4.79 Å². The van der Waals surface area contributed by atoms with Gasteiger partial charge in [-0.1, -0.05) is 38.8 Å². The topological polar surface area (TPSA) is 71.8 Å². The third-order valence-corrected chi connectivity index (χ3v) is 5.10. The Morgan fingerprint density at radius 2 is 2.04 bits per heavy atom. The molecular weight excluding hydrogens is 302 g/mol. The lowest BCUT2D eigenvalue weighted by Crippen LogP contribution is -2.47. The van der Waals surface area contributed by atoms with Crippen LogP contribution in [0.5, 0.6) is 0 Å². The number of carbonyl (C=O) groups is 1. The number of hydrogen-bond acceptors (Lipinski definition) is 3. The number of nitrogens with zero attached hydrogens (tertiary/aromatic N) is 3. The summed E-state index contributed by atoms with van der Waals surface area (Å²) < 4.78 is 1.70. The third-order valence-electron chi connectivity index (χ3n) is 5.10. The van der Waals surface area contributed by atoms with Gasteiger partial charge in [-0.3, -0.25) is 0 Å². The molecule has 2 N–H and O–H groups in total. The summed E-state index contributed by atoms with van der Waals surface area (Å²) in [4.78, 5) is 16.1. The first-order chi connectivity index (χ1) is 11.6. The molecule has 0 spiro atoms. The first kappa shape index (κ1) is 16.5. The summed E-state index contributed by atoms with van der Waals surface area (Å²) in [6, 6.07) is 8.11. The molecule has 3 rings (SSSR count). The molecule has 0 saturated heterocycles. The summed E-state index contributed by atoms with van der Waals surface area (Å²) in [6.07, 6.45) is 6.70. The van der Waals surface area contributed by atoms with Gasteiger partial charge in [0.25, 0.3) is 0 Å². The Kier molecular flexibility index (Phi) is 5.13. The molecule has 0 radical (unpaired) electrons. The molecule has 1 aromatic carbocycles. The standard InChI is InChI=1S/C18H25N5O/c1-13-4-3-5-17(14(13)2)22-18(24)20-10-15-6-8-16(9-7-15)23-12-19-11-21-23/h6-9,11-14,17H,3-5,10H2,1-2H3,(H2,20,22,24)/t13-,14-,17+/m1/s1. The second-order valence-corrected chi connectivity index (χ2v) is 6.71. The minimum absolute atomic E-state index is 0.0821. The van der Waals surface area contributed by atoms with Crippen molar-refractivity contribution in [2.45, 2.75) is 45.7 Å². The highest BCUT2D eigenvalue weighted by Crippen LogP contribution is 2.29.